The molecule has 1 aliphatic carbocycles. The van der Waals surface area contributed by atoms with Crippen molar-refractivity contribution in [1.82, 2.24) is 0 Å². The summed E-state index contributed by atoms with van der Waals surface area (Å²) in [5.41, 5.74) is 1.64. The van der Waals surface area contributed by atoms with Crippen molar-refractivity contribution in [1.29, 1.82) is 5.26 Å². The molecule has 80 valence electrons. The first-order chi connectivity index (χ1) is 7.61. The normalized spacial score (nSPS) is 26.6. The summed E-state index contributed by atoms with van der Waals surface area (Å²) in [6.07, 6.45) is 2.67. The number of rotatable bonds is 1. The van der Waals surface area contributed by atoms with E-state index in [-0.39, 0.29) is 10.8 Å². The van der Waals surface area contributed by atoms with Gasteiger partial charge in [-0.25, -0.2) is 0 Å². The second-order valence-electron chi connectivity index (χ2n) is 5.22. The van der Waals surface area contributed by atoms with Crippen molar-refractivity contribution in [2.45, 2.75) is 25.7 Å². The summed E-state index contributed by atoms with van der Waals surface area (Å²) in [5.74, 6) is 0. The van der Waals surface area contributed by atoms with Gasteiger partial charge in [-0.3, -0.25) is 0 Å². The van der Waals surface area contributed by atoms with Crippen molar-refractivity contribution >= 4 is 11.0 Å². The fraction of sp³-hybridized carbons (Fsp3) is 0.357. The molecule has 1 atom stereocenters. The molecule has 2 aromatic rings. The molecule has 3 rings (SSSR count). The highest BCUT2D eigenvalue weighted by atomic mass is 16.3. The molecule has 0 radical (unpaired) electrons. The van der Waals surface area contributed by atoms with Crippen molar-refractivity contribution < 1.29 is 4.42 Å². The zero-order valence-corrected chi connectivity index (χ0v) is 9.45. The minimum Gasteiger partial charge on any atom is -0.464 e. The highest BCUT2D eigenvalue weighted by Crippen LogP contribution is 2.65. The molecule has 0 aliphatic heterocycles. The number of hydrogen-bond acceptors (Lipinski definition) is 2. The van der Waals surface area contributed by atoms with Gasteiger partial charge in [0.2, 0.25) is 0 Å². The van der Waals surface area contributed by atoms with Crippen molar-refractivity contribution in [3.05, 3.63) is 36.1 Å². The van der Waals surface area contributed by atoms with Gasteiger partial charge in [0.25, 0.3) is 0 Å². The van der Waals surface area contributed by atoms with Crippen LogP contribution in [0.25, 0.3) is 11.0 Å². The molecule has 0 N–H and O–H groups in total. The number of benzene rings is 1. The third-order valence-corrected chi connectivity index (χ3v) is 3.87. The Morgan fingerprint density at radius 1 is 1.31 bits per heavy atom. The quantitative estimate of drug-likeness (QED) is 0.722. The molecule has 16 heavy (non-hydrogen) atoms. The zero-order valence-electron chi connectivity index (χ0n) is 9.45. The summed E-state index contributed by atoms with van der Waals surface area (Å²) in [5, 5.41) is 10.5. The maximum atomic E-state index is 9.43. The molecular weight excluding hydrogens is 198 g/mol. The Morgan fingerprint density at radius 2 is 2.00 bits per heavy atom. The van der Waals surface area contributed by atoms with Crippen molar-refractivity contribution in [2.24, 2.45) is 5.41 Å². The number of hydrogen-bond donors (Lipinski definition) is 0. The van der Waals surface area contributed by atoms with E-state index in [0.717, 1.165) is 23.0 Å². The van der Waals surface area contributed by atoms with Crippen LogP contribution in [0.5, 0.6) is 0 Å². The molecular formula is C14H13NO. The second kappa shape index (κ2) is 2.68. The molecule has 1 unspecified atom stereocenters. The minimum atomic E-state index is -0.348. The van der Waals surface area contributed by atoms with Crippen molar-refractivity contribution in [2.75, 3.05) is 0 Å². The fourth-order valence-electron chi connectivity index (χ4n) is 2.64. The van der Waals surface area contributed by atoms with E-state index >= 15 is 0 Å². The molecule has 1 aromatic carbocycles. The summed E-state index contributed by atoms with van der Waals surface area (Å²) in [6, 6.07) is 10.4. The van der Waals surface area contributed by atoms with Crippen LogP contribution in [0.2, 0.25) is 0 Å². The van der Waals surface area contributed by atoms with E-state index in [9.17, 15) is 5.26 Å². The highest BCUT2D eigenvalue weighted by molar-refractivity contribution is 5.83. The molecule has 1 fully saturated rings. The molecule has 0 bridgehead atoms. The van der Waals surface area contributed by atoms with Gasteiger partial charge in [-0.1, -0.05) is 32.0 Å². The number of fused-ring (bicyclic) bond motifs is 1. The summed E-state index contributed by atoms with van der Waals surface area (Å²) in [6.45, 7) is 4.27. The highest BCUT2D eigenvalue weighted by Gasteiger charge is 2.64. The van der Waals surface area contributed by atoms with Gasteiger partial charge in [0.05, 0.1) is 17.7 Å². The van der Waals surface area contributed by atoms with Crippen molar-refractivity contribution in [3.8, 4) is 6.07 Å². The average molecular weight is 211 g/mol. The topological polar surface area (TPSA) is 36.9 Å². The van der Waals surface area contributed by atoms with E-state index in [0.29, 0.717) is 0 Å². The van der Waals surface area contributed by atoms with Crippen LogP contribution in [-0.2, 0) is 5.41 Å². The summed E-state index contributed by atoms with van der Waals surface area (Å²) < 4.78 is 5.52. The first-order valence-electron chi connectivity index (χ1n) is 5.49. The Bertz CT molecular complexity index is 602. The van der Waals surface area contributed by atoms with E-state index in [4.69, 9.17) is 4.42 Å². The molecule has 0 spiro atoms. The molecule has 1 heterocycles. The molecule has 0 amide bonds. The van der Waals surface area contributed by atoms with Crippen LogP contribution in [-0.4, -0.2) is 0 Å². The Hall–Kier alpha value is -1.75. The third-order valence-electron chi connectivity index (χ3n) is 3.87. The van der Waals surface area contributed by atoms with Gasteiger partial charge in [0.15, 0.2) is 0 Å². The van der Waals surface area contributed by atoms with Gasteiger partial charge in [0.1, 0.15) is 5.58 Å². The van der Waals surface area contributed by atoms with Crippen LogP contribution in [0.3, 0.4) is 0 Å². The van der Waals surface area contributed by atoms with Gasteiger partial charge in [-0.05, 0) is 17.9 Å². The molecule has 1 aliphatic rings. The lowest BCUT2D eigenvalue weighted by molar-refractivity contribution is 0.556. The Kier molecular flexibility index (Phi) is 1.59. The van der Waals surface area contributed by atoms with Crippen LogP contribution in [0.4, 0.5) is 0 Å². The molecule has 2 nitrogen and oxygen atoms in total. The summed E-state index contributed by atoms with van der Waals surface area (Å²) in [4.78, 5) is 0. The van der Waals surface area contributed by atoms with E-state index in [1.165, 1.54) is 0 Å². The van der Waals surface area contributed by atoms with Gasteiger partial charge < -0.3 is 4.42 Å². The SMILES string of the molecule is CC1(C)CC1(C#N)c1coc2ccccc12. The number of para-hydroxylation sites is 1. The smallest absolute Gasteiger partial charge is 0.134 e. The zero-order chi connectivity index (χ0) is 11.4. The second-order valence-corrected chi connectivity index (χ2v) is 5.22. The number of furan rings is 1. The molecule has 2 heteroatoms. The maximum absolute atomic E-state index is 9.43. The average Bonchev–Trinajstić information content (AvgIpc) is 2.67. The van der Waals surface area contributed by atoms with Gasteiger partial charge >= 0.3 is 0 Å². The minimum absolute atomic E-state index is 0.0639. The van der Waals surface area contributed by atoms with Crippen molar-refractivity contribution in [3.63, 3.8) is 0 Å². The van der Waals surface area contributed by atoms with Gasteiger partial charge in [-0.2, -0.15) is 5.26 Å². The largest absolute Gasteiger partial charge is 0.464 e. The first kappa shape index (κ1) is 9.47. The van der Waals surface area contributed by atoms with E-state index in [1.54, 1.807) is 6.26 Å². The summed E-state index contributed by atoms with van der Waals surface area (Å²) in [7, 11) is 0. The molecule has 0 saturated heterocycles. The predicted molar refractivity (Wildman–Crippen MR) is 61.9 cm³/mol. The maximum Gasteiger partial charge on any atom is 0.134 e. The lowest BCUT2D eigenvalue weighted by Crippen LogP contribution is -2.10. The van der Waals surface area contributed by atoms with E-state index in [1.807, 2.05) is 24.3 Å². The van der Waals surface area contributed by atoms with E-state index < -0.39 is 0 Å². The third kappa shape index (κ3) is 0.957. The lowest BCUT2D eigenvalue weighted by atomic mass is 9.89. The Morgan fingerprint density at radius 3 is 2.62 bits per heavy atom. The Balaban J connectivity index is 2.26. The van der Waals surface area contributed by atoms with Crippen LogP contribution in [0.15, 0.2) is 34.9 Å². The monoisotopic (exact) mass is 211 g/mol. The van der Waals surface area contributed by atoms with Crippen LogP contribution >= 0.6 is 0 Å². The molecule has 1 saturated carbocycles. The number of nitriles is 1. The lowest BCUT2D eigenvalue weighted by Gasteiger charge is -2.09. The standard InChI is InChI=1S/C14H13NO/c1-13(2)8-14(13,9-15)11-7-16-12-6-4-3-5-10(11)12/h3-7H,8H2,1-2H3. The van der Waals surface area contributed by atoms with Crippen LogP contribution in [0.1, 0.15) is 25.8 Å². The van der Waals surface area contributed by atoms with Gasteiger partial charge in [0, 0.05) is 10.9 Å². The predicted octanol–water partition coefficient (Wildman–Crippen LogP) is 3.62. The number of nitrogens with zero attached hydrogens (tertiary/aromatic N) is 1. The first-order valence-corrected chi connectivity index (χ1v) is 5.49. The van der Waals surface area contributed by atoms with Crippen LogP contribution < -0.4 is 0 Å². The van der Waals surface area contributed by atoms with E-state index in [2.05, 4.69) is 19.9 Å². The molecule has 1 aromatic heterocycles. The van der Waals surface area contributed by atoms with Crippen LogP contribution in [0, 0.1) is 16.7 Å². The fourth-order valence-corrected chi connectivity index (χ4v) is 2.64. The summed E-state index contributed by atoms with van der Waals surface area (Å²) >= 11 is 0. The van der Waals surface area contributed by atoms with Gasteiger partial charge in [-0.15, -0.1) is 0 Å². The Labute approximate surface area is 94.5 Å².